The summed E-state index contributed by atoms with van der Waals surface area (Å²) in [6.07, 6.45) is -1.59. The van der Waals surface area contributed by atoms with Gasteiger partial charge in [-0.2, -0.15) is 0 Å². The van der Waals surface area contributed by atoms with Crippen molar-refractivity contribution in [2.45, 2.75) is 16.3 Å². The summed E-state index contributed by atoms with van der Waals surface area (Å²) in [6.45, 7) is 0. The van der Waals surface area contributed by atoms with E-state index in [-0.39, 0.29) is 17.8 Å². The van der Waals surface area contributed by atoms with Crippen LogP contribution < -0.4 is 0 Å². The summed E-state index contributed by atoms with van der Waals surface area (Å²) in [5.41, 5.74) is 0.318. The molecule has 6 nitrogen and oxygen atoms in total. The molecule has 0 aliphatic carbocycles. The Labute approximate surface area is 123 Å². The molecule has 1 aromatic carbocycles. The van der Waals surface area contributed by atoms with Crippen molar-refractivity contribution in [2.24, 2.45) is 5.16 Å². The van der Waals surface area contributed by atoms with Crippen molar-refractivity contribution in [3.8, 4) is 0 Å². The van der Waals surface area contributed by atoms with E-state index in [1.54, 1.807) is 0 Å². The van der Waals surface area contributed by atoms with Gasteiger partial charge in [0, 0.05) is 18.6 Å². The summed E-state index contributed by atoms with van der Waals surface area (Å²) in [6, 6.07) is 5.22. The molecule has 0 saturated carbocycles. The molecule has 0 spiro atoms. The lowest BCUT2D eigenvalue weighted by atomic mass is 10.0. The quantitative estimate of drug-likeness (QED) is 0.292. The Morgan fingerprint density at radius 2 is 1.89 bits per heavy atom. The number of hydrogen-bond donors (Lipinski definition) is 2. The number of aliphatic hydroxyl groups is 1. The van der Waals surface area contributed by atoms with Gasteiger partial charge in [0.15, 0.2) is 0 Å². The molecule has 2 N–H and O–H groups in total. The van der Waals surface area contributed by atoms with E-state index in [2.05, 4.69) is 5.16 Å². The van der Waals surface area contributed by atoms with Crippen LogP contribution in [0.1, 0.15) is 12.0 Å². The van der Waals surface area contributed by atoms with Gasteiger partial charge in [-0.15, -0.1) is 0 Å². The molecule has 0 amide bonds. The van der Waals surface area contributed by atoms with Crippen LogP contribution >= 0.6 is 34.8 Å². The van der Waals surface area contributed by atoms with E-state index in [1.165, 1.54) is 24.3 Å². The second kappa shape index (κ2) is 6.38. The molecular weight excluding hydrogens is 318 g/mol. The SMILES string of the molecule is O=[N+]([O-])c1ccc(/C(C[C@H](O)C(Cl)(Cl)Cl)=N/O)cc1. The highest BCUT2D eigenvalue weighted by atomic mass is 35.6. The number of non-ortho nitro benzene ring substituents is 1. The Balaban J connectivity index is 2.90. The Morgan fingerprint density at radius 1 is 1.37 bits per heavy atom. The number of benzene rings is 1. The fourth-order valence-electron chi connectivity index (χ4n) is 1.29. The van der Waals surface area contributed by atoms with Crippen molar-refractivity contribution < 1.29 is 15.2 Å². The second-order valence-corrected chi connectivity index (χ2v) is 5.98. The lowest BCUT2D eigenvalue weighted by Gasteiger charge is -2.19. The highest BCUT2D eigenvalue weighted by molar-refractivity contribution is 6.68. The average molecular weight is 328 g/mol. The molecule has 0 heterocycles. The van der Waals surface area contributed by atoms with Crippen molar-refractivity contribution in [3.63, 3.8) is 0 Å². The Kier molecular flexibility index (Phi) is 5.37. The van der Waals surface area contributed by atoms with Crippen LogP contribution in [-0.4, -0.2) is 30.8 Å². The average Bonchev–Trinajstić information content (AvgIpc) is 2.34. The molecular formula is C10H9Cl3N2O4. The van der Waals surface area contributed by atoms with Crippen molar-refractivity contribution in [1.29, 1.82) is 0 Å². The molecule has 9 heteroatoms. The molecule has 19 heavy (non-hydrogen) atoms. The van der Waals surface area contributed by atoms with Gasteiger partial charge < -0.3 is 10.3 Å². The largest absolute Gasteiger partial charge is 0.411 e. The molecule has 0 aromatic heterocycles. The van der Waals surface area contributed by atoms with E-state index >= 15 is 0 Å². The maximum Gasteiger partial charge on any atom is 0.269 e. The molecule has 104 valence electrons. The van der Waals surface area contributed by atoms with Crippen molar-refractivity contribution in [2.75, 3.05) is 0 Å². The number of halogens is 3. The van der Waals surface area contributed by atoms with Crippen molar-refractivity contribution >= 4 is 46.2 Å². The predicted molar refractivity (Wildman–Crippen MR) is 72.3 cm³/mol. The number of alkyl halides is 3. The number of nitro benzene ring substituents is 1. The second-order valence-electron chi connectivity index (χ2n) is 3.61. The van der Waals surface area contributed by atoms with E-state index in [0.717, 1.165) is 0 Å². The molecule has 1 aromatic rings. The number of hydrogen-bond acceptors (Lipinski definition) is 5. The Hall–Kier alpha value is -1.08. The fraction of sp³-hybridized carbons (Fsp3) is 0.300. The van der Waals surface area contributed by atoms with Gasteiger partial charge in [0.1, 0.15) is 6.10 Å². The zero-order valence-electron chi connectivity index (χ0n) is 9.33. The third-order valence-corrected chi connectivity index (χ3v) is 3.05. The van der Waals surface area contributed by atoms with E-state index in [9.17, 15) is 15.2 Å². The maximum atomic E-state index is 10.5. The maximum absolute atomic E-state index is 10.5. The fourth-order valence-corrected chi connectivity index (χ4v) is 1.52. The van der Waals surface area contributed by atoms with Gasteiger partial charge in [-0.3, -0.25) is 10.1 Å². The van der Waals surface area contributed by atoms with Crippen LogP contribution in [0.15, 0.2) is 29.4 Å². The van der Waals surface area contributed by atoms with Gasteiger partial charge in [-0.05, 0) is 17.7 Å². The first-order chi connectivity index (χ1) is 8.75. The van der Waals surface area contributed by atoms with Crippen molar-refractivity contribution in [1.82, 2.24) is 0 Å². The summed E-state index contributed by atoms with van der Waals surface area (Å²) >= 11 is 16.5. The minimum absolute atomic E-state index is 0.0497. The number of rotatable bonds is 4. The summed E-state index contributed by atoms with van der Waals surface area (Å²) in [5.74, 6) is 0. The van der Waals surface area contributed by atoms with E-state index in [4.69, 9.17) is 40.0 Å². The predicted octanol–water partition coefficient (Wildman–Crippen LogP) is 2.89. The first kappa shape index (κ1) is 16.0. The molecule has 0 bridgehead atoms. The molecule has 0 unspecified atom stereocenters. The third-order valence-electron chi connectivity index (χ3n) is 2.30. The number of oxime groups is 1. The summed E-state index contributed by atoms with van der Waals surface area (Å²) in [7, 11) is 0. The van der Waals surface area contributed by atoms with Crippen LogP contribution in [0.5, 0.6) is 0 Å². The third kappa shape index (κ3) is 4.50. The smallest absolute Gasteiger partial charge is 0.269 e. The molecule has 0 radical (unpaired) electrons. The number of aliphatic hydroxyl groups excluding tert-OH is 1. The normalized spacial score (nSPS) is 14.2. The molecule has 0 aliphatic rings. The van der Waals surface area contributed by atoms with Gasteiger partial charge >= 0.3 is 0 Å². The number of nitrogens with zero attached hydrogens (tertiary/aromatic N) is 2. The van der Waals surface area contributed by atoms with Crippen LogP contribution in [0, 0.1) is 10.1 Å². The topological polar surface area (TPSA) is 96.0 Å². The van der Waals surface area contributed by atoms with Crippen LogP contribution in [0.3, 0.4) is 0 Å². The van der Waals surface area contributed by atoms with E-state index in [1.807, 2.05) is 0 Å². The minimum Gasteiger partial charge on any atom is -0.411 e. The van der Waals surface area contributed by atoms with E-state index < -0.39 is 14.8 Å². The lowest BCUT2D eigenvalue weighted by molar-refractivity contribution is -0.384. The van der Waals surface area contributed by atoms with Gasteiger partial charge in [-0.25, -0.2) is 0 Å². The summed E-state index contributed by atoms with van der Waals surface area (Å²) in [4.78, 5) is 9.93. The first-order valence-electron chi connectivity index (χ1n) is 4.96. The van der Waals surface area contributed by atoms with Gasteiger partial charge in [0.25, 0.3) is 5.69 Å². The van der Waals surface area contributed by atoms with Gasteiger partial charge in [-0.1, -0.05) is 40.0 Å². The molecule has 1 rings (SSSR count). The summed E-state index contributed by atoms with van der Waals surface area (Å²) < 4.78 is -1.92. The van der Waals surface area contributed by atoms with Crippen LogP contribution in [-0.2, 0) is 0 Å². The zero-order chi connectivity index (χ0) is 14.6. The van der Waals surface area contributed by atoms with Crippen LogP contribution in [0.2, 0.25) is 0 Å². The number of nitro groups is 1. The molecule has 1 atom stereocenters. The van der Waals surface area contributed by atoms with Crippen LogP contribution in [0.25, 0.3) is 0 Å². The lowest BCUT2D eigenvalue weighted by Crippen LogP contribution is -2.28. The highest BCUT2D eigenvalue weighted by Gasteiger charge is 2.32. The minimum atomic E-state index is -1.92. The molecule has 0 saturated heterocycles. The molecule has 0 aliphatic heterocycles. The van der Waals surface area contributed by atoms with Gasteiger partial charge in [0.2, 0.25) is 3.79 Å². The van der Waals surface area contributed by atoms with Gasteiger partial charge in [0.05, 0.1) is 10.6 Å². The molecule has 0 fully saturated rings. The monoisotopic (exact) mass is 326 g/mol. The van der Waals surface area contributed by atoms with E-state index in [0.29, 0.717) is 5.56 Å². The van der Waals surface area contributed by atoms with Crippen LogP contribution in [0.4, 0.5) is 5.69 Å². The zero-order valence-corrected chi connectivity index (χ0v) is 11.6. The van der Waals surface area contributed by atoms with Crippen molar-refractivity contribution in [3.05, 3.63) is 39.9 Å². The first-order valence-corrected chi connectivity index (χ1v) is 6.09. The Morgan fingerprint density at radius 3 is 2.26 bits per heavy atom. The highest BCUT2D eigenvalue weighted by Crippen LogP contribution is 2.32. The summed E-state index contributed by atoms with van der Waals surface area (Å²) in [5, 5.41) is 32.0. The Bertz CT molecular complexity index is 485. The standard InChI is InChI=1S/C10H9Cl3N2O4/c11-10(12,13)9(16)5-8(14-17)6-1-3-7(4-2-6)15(18)19/h1-4,9,16-17H,5H2/b14-8+/t9-/m0/s1.